The summed E-state index contributed by atoms with van der Waals surface area (Å²) in [6.45, 7) is 3.22. The van der Waals surface area contributed by atoms with Crippen molar-refractivity contribution in [2.45, 2.75) is 45.0 Å². The molecule has 1 fully saturated rings. The van der Waals surface area contributed by atoms with E-state index < -0.39 is 17.3 Å². The molecule has 210 valence electrons. The van der Waals surface area contributed by atoms with E-state index in [1.807, 2.05) is 6.92 Å². The van der Waals surface area contributed by atoms with Gasteiger partial charge in [0.2, 0.25) is 11.9 Å². The predicted molar refractivity (Wildman–Crippen MR) is 142 cm³/mol. The number of aromatic nitrogens is 4. The minimum absolute atomic E-state index is 0.0858. The molecule has 10 nitrogen and oxygen atoms in total. The Morgan fingerprint density at radius 2 is 1.93 bits per heavy atom. The van der Waals surface area contributed by atoms with E-state index in [9.17, 15) is 22.8 Å². The topological polar surface area (TPSA) is 112 Å². The summed E-state index contributed by atoms with van der Waals surface area (Å²) in [7, 11) is 3.26. The number of alkyl halides is 3. The van der Waals surface area contributed by atoms with Crippen molar-refractivity contribution in [3.8, 4) is 11.5 Å². The third-order valence-electron chi connectivity index (χ3n) is 6.90. The van der Waals surface area contributed by atoms with E-state index in [2.05, 4.69) is 20.6 Å². The Hall–Kier alpha value is -4.39. The van der Waals surface area contributed by atoms with Gasteiger partial charge in [-0.05, 0) is 44.0 Å². The fraction of sp³-hybridized carbons (Fsp3) is 0.333. The van der Waals surface area contributed by atoms with Crippen molar-refractivity contribution in [3.63, 3.8) is 0 Å². The van der Waals surface area contributed by atoms with Crippen LogP contribution in [0.25, 0.3) is 11.0 Å². The first-order chi connectivity index (χ1) is 18.9. The van der Waals surface area contributed by atoms with Gasteiger partial charge in [-0.25, -0.2) is 9.97 Å². The number of nitrogens with one attached hydrogen (secondary N) is 2. The number of hydrogen-bond donors (Lipinski definition) is 2. The van der Waals surface area contributed by atoms with Gasteiger partial charge in [0.25, 0.3) is 5.56 Å². The van der Waals surface area contributed by atoms with Gasteiger partial charge in [-0.15, -0.1) is 0 Å². The number of methoxy groups -OCH3 is 1. The highest BCUT2D eigenvalue weighted by molar-refractivity contribution is 5.88. The molecule has 1 aromatic carbocycles. The van der Waals surface area contributed by atoms with Crippen LogP contribution in [0.5, 0.6) is 11.5 Å². The number of pyridine rings is 2. The first-order valence-corrected chi connectivity index (χ1v) is 12.4. The van der Waals surface area contributed by atoms with Crippen molar-refractivity contribution < 1.29 is 27.4 Å². The highest BCUT2D eigenvalue weighted by atomic mass is 19.4. The molecule has 1 amide bonds. The maximum atomic E-state index is 13.8. The van der Waals surface area contributed by atoms with Crippen LogP contribution in [0.3, 0.4) is 0 Å². The number of halogens is 3. The van der Waals surface area contributed by atoms with Crippen LogP contribution in [0.15, 0.2) is 47.5 Å². The molecule has 0 bridgehead atoms. The Bertz CT molecular complexity index is 1660. The largest absolute Gasteiger partial charge is 0.457 e. The number of carbonyl (C=O) groups excluding carboxylic acids is 1. The molecule has 13 heteroatoms. The highest BCUT2D eigenvalue weighted by Crippen LogP contribution is 2.37. The molecule has 0 unspecified atom stereocenters. The summed E-state index contributed by atoms with van der Waals surface area (Å²) in [5.74, 6) is 1.34. The van der Waals surface area contributed by atoms with Gasteiger partial charge in [0, 0.05) is 51.1 Å². The summed E-state index contributed by atoms with van der Waals surface area (Å²) in [5.41, 5.74) is -0.225. The maximum absolute atomic E-state index is 13.8. The van der Waals surface area contributed by atoms with Crippen LogP contribution in [0.1, 0.15) is 36.9 Å². The monoisotopic (exact) mass is 556 g/mol. The summed E-state index contributed by atoms with van der Waals surface area (Å²) >= 11 is 0. The zero-order valence-corrected chi connectivity index (χ0v) is 22.2. The molecule has 0 spiro atoms. The van der Waals surface area contributed by atoms with Crippen molar-refractivity contribution >= 4 is 34.4 Å². The summed E-state index contributed by atoms with van der Waals surface area (Å²) in [4.78, 5) is 32.7. The fourth-order valence-corrected chi connectivity index (χ4v) is 4.78. The molecule has 40 heavy (non-hydrogen) atoms. The van der Waals surface area contributed by atoms with Gasteiger partial charge in [-0.2, -0.15) is 13.2 Å². The molecule has 1 saturated carbocycles. The van der Waals surface area contributed by atoms with E-state index >= 15 is 0 Å². The molecule has 0 aliphatic heterocycles. The Labute approximate surface area is 226 Å². The number of rotatable bonds is 7. The van der Waals surface area contributed by atoms with Crippen LogP contribution in [0.2, 0.25) is 0 Å². The van der Waals surface area contributed by atoms with Gasteiger partial charge in [0.05, 0.1) is 22.8 Å². The van der Waals surface area contributed by atoms with Gasteiger partial charge < -0.3 is 29.2 Å². The molecule has 3 aromatic heterocycles. The molecule has 3 heterocycles. The third kappa shape index (κ3) is 5.24. The van der Waals surface area contributed by atoms with Gasteiger partial charge in [0.15, 0.2) is 0 Å². The lowest BCUT2D eigenvalue weighted by Crippen LogP contribution is -2.39. The standard InChI is InChI=1S/C27H27F3N6O4/c1-14-22(40-18-7-8-31-23(12-18)32-15(2)37)6-5-21-24(14)35(3)26(34-21)33-16-9-20(27(28,29)30)25(38)36(13-16)17-10-19(11-17)39-4/h5-9,12-13,17,19H,10-11H2,1-4H3,(H,33,34)(H,31,32,37). The number of carbonyl (C=O) groups is 1. The summed E-state index contributed by atoms with van der Waals surface area (Å²) in [6.07, 6.45) is -1.10. The van der Waals surface area contributed by atoms with E-state index in [0.29, 0.717) is 41.2 Å². The third-order valence-corrected chi connectivity index (χ3v) is 6.90. The van der Waals surface area contributed by atoms with E-state index in [1.165, 1.54) is 26.4 Å². The Morgan fingerprint density at radius 1 is 1.18 bits per heavy atom. The summed E-state index contributed by atoms with van der Waals surface area (Å²) < 4.78 is 55.4. The lowest BCUT2D eigenvalue weighted by Gasteiger charge is -2.35. The van der Waals surface area contributed by atoms with Crippen molar-refractivity contribution in [2.75, 3.05) is 17.7 Å². The molecule has 5 rings (SSSR count). The second-order valence-electron chi connectivity index (χ2n) is 9.67. The van der Waals surface area contributed by atoms with Crippen molar-refractivity contribution in [1.29, 1.82) is 0 Å². The van der Waals surface area contributed by atoms with Crippen molar-refractivity contribution in [2.24, 2.45) is 7.05 Å². The number of aryl methyl sites for hydroxylation is 2. The number of anilines is 3. The van der Waals surface area contributed by atoms with E-state index in [0.717, 1.165) is 16.2 Å². The molecule has 1 aliphatic rings. The molecule has 0 radical (unpaired) electrons. The van der Waals surface area contributed by atoms with Crippen LogP contribution < -0.4 is 20.9 Å². The minimum Gasteiger partial charge on any atom is -0.457 e. The number of nitrogens with zero attached hydrogens (tertiary/aromatic N) is 4. The average Bonchev–Trinajstić information content (AvgIpc) is 3.16. The normalized spacial score (nSPS) is 17.0. The lowest BCUT2D eigenvalue weighted by atomic mass is 9.89. The Balaban J connectivity index is 1.47. The molecular weight excluding hydrogens is 529 g/mol. The summed E-state index contributed by atoms with van der Waals surface area (Å²) in [6, 6.07) is 7.13. The average molecular weight is 557 g/mol. The molecule has 2 N–H and O–H groups in total. The molecule has 4 aromatic rings. The van der Waals surface area contributed by atoms with Crippen LogP contribution in [0.4, 0.5) is 30.6 Å². The van der Waals surface area contributed by atoms with Gasteiger partial charge in [-0.1, -0.05) is 0 Å². The second-order valence-corrected chi connectivity index (χ2v) is 9.67. The van der Waals surface area contributed by atoms with Crippen LogP contribution >= 0.6 is 0 Å². The minimum atomic E-state index is -4.82. The first kappa shape index (κ1) is 27.2. The number of ether oxygens (including phenoxy) is 2. The summed E-state index contributed by atoms with van der Waals surface area (Å²) in [5, 5.41) is 5.56. The van der Waals surface area contributed by atoms with Crippen LogP contribution in [0, 0.1) is 6.92 Å². The van der Waals surface area contributed by atoms with Crippen molar-refractivity contribution in [3.05, 3.63) is 64.2 Å². The number of fused-ring (bicyclic) bond motifs is 1. The zero-order chi connectivity index (χ0) is 28.8. The van der Waals surface area contributed by atoms with Crippen LogP contribution in [-0.2, 0) is 22.8 Å². The highest BCUT2D eigenvalue weighted by Gasteiger charge is 2.38. The Morgan fingerprint density at radius 3 is 2.60 bits per heavy atom. The Kier molecular flexibility index (Phi) is 7.00. The number of hydrogen-bond acceptors (Lipinski definition) is 7. The number of amides is 1. The fourth-order valence-electron chi connectivity index (χ4n) is 4.78. The molecular formula is C27H27F3N6O4. The SMILES string of the molecule is COC1CC(n2cc(Nc3nc4ccc(Oc5ccnc(NC(C)=O)c5)c(C)c4n3C)cc(C(F)(F)F)c2=O)C1. The second kappa shape index (κ2) is 10.3. The molecule has 0 atom stereocenters. The van der Waals surface area contributed by atoms with Crippen LogP contribution in [-0.4, -0.2) is 38.2 Å². The predicted octanol–water partition coefficient (Wildman–Crippen LogP) is 5.30. The van der Waals surface area contributed by atoms with Crippen molar-refractivity contribution in [1.82, 2.24) is 19.1 Å². The smallest absolute Gasteiger partial charge is 0.421 e. The zero-order valence-electron chi connectivity index (χ0n) is 22.2. The van der Waals surface area contributed by atoms with Gasteiger partial charge in [-0.3, -0.25) is 9.59 Å². The quantitative estimate of drug-likeness (QED) is 0.318. The lowest BCUT2D eigenvalue weighted by molar-refractivity contribution is -0.139. The number of imidazole rings is 1. The number of benzene rings is 1. The van der Waals surface area contributed by atoms with E-state index in [-0.39, 0.29) is 29.7 Å². The molecule has 1 aliphatic carbocycles. The van der Waals surface area contributed by atoms with E-state index in [4.69, 9.17) is 9.47 Å². The first-order valence-electron chi connectivity index (χ1n) is 12.4. The van der Waals surface area contributed by atoms with Gasteiger partial charge in [0.1, 0.15) is 22.9 Å². The van der Waals surface area contributed by atoms with Gasteiger partial charge >= 0.3 is 6.18 Å². The van der Waals surface area contributed by atoms with E-state index in [1.54, 1.807) is 35.9 Å². The molecule has 0 saturated heterocycles. The maximum Gasteiger partial charge on any atom is 0.421 e.